The van der Waals surface area contributed by atoms with Gasteiger partial charge in [0.1, 0.15) is 18.3 Å². The minimum atomic E-state index is -0.238. The zero-order valence-electron chi connectivity index (χ0n) is 15.0. The van der Waals surface area contributed by atoms with Crippen molar-refractivity contribution >= 4 is 16.9 Å². The number of fused-ring (bicyclic) bond motifs is 1. The number of likely N-dealkylation sites (tertiary alicyclic amines) is 1. The smallest absolute Gasteiger partial charge is 0.264 e. The average molecular weight is 351 g/mol. The zero-order chi connectivity index (χ0) is 18.3. The van der Waals surface area contributed by atoms with Gasteiger partial charge in [-0.3, -0.25) is 14.2 Å². The number of benzene rings is 1. The van der Waals surface area contributed by atoms with Crippen molar-refractivity contribution < 1.29 is 4.79 Å². The molecular formula is C19H21N5O2. The summed E-state index contributed by atoms with van der Waals surface area (Å²) in [4.78, 5) is 31.3. The molecule has 2 aromatic heterocycles. The Balaban J connectivity index is 1.70. The lowest BCUT2D eigenvalue weighted by atomic mass is 10.1. The Morgan fingerprint density at radius 1 is 1.15 bits per heavy atom. The number of rotatable bonds is 3. The minimum Gasteiger partial charge on any atom is -0.341 e. The molecule has 1 aliphatic rings. The molecule has 0 atom stereocenters. The summed E-state index contributed by atoms with van der Waals surface area (Å²) in [6.45, 7) is 5.65. The van der Waals surface area contributed by atoms with E-state index in [1.54, 1.807) is 9.58 Å². The first-order chi connectivity index (χ1) is 12.5. The van der Waals surface area contributed by atoms with Crippen molar-refractivity contribution in [2.45, 2.75) is 33.2 Å². The van der Waals surface area contributed by atoms with Crippen LogP contribution in [-0.4, -0.2) is 43.2 Å². The fourth-order valence-corrected chi connectivity index (χ4v) is 3.32. The third-order valence-electron chi connectivity index (χ3n) is 5.05. The van der Waals surface area contributed by atoms with Crippen LogP contribution >= 0.6 is 0 Å². The van der Waals surface area contributed by atoms with E-state index >= 15 is 0 Å². The van der Waals surface area contributed by atoms with E-state index in [0.29, 0.717) is 11.0 Å². The van der Waals surface area contributed by atoms with E-state index in [0.717, 1.165) is 37.2 Å². The molecule has 1 amide bonds. The second kappa shape index (κ2) is 6.40. The summed E-state index contributed by atoms with van der Waals surface area (Å²) in [5, 5.41) is 4.76. The molecule has 1 aliphatic heterocycles. The van der Waals surface area contributed by atoms with Crippen molar-refractivity contribution in [3.8, 4) is 5.69 Å². The van der Waals surface area contributed by atoms with Crippen LogP contribution in [0.2, 0.25) is 0 Å². The second-order valence-electron chi connectivity index (χ2n) is 6.83. The number of hydrogen-bond acceptors (Lipinski definition) is 4. The predicted octanol–water partition coefficient (Wildman–Crippen LogP) is 1.82. The van der Waals surface area contributed by atoms with E-state index in [-0.39, 0.29) is 18.0 Å². The Hall–Kier alpha value is -2.96. The van der Waals surface area contributed by atoms with Crippen LogP contribution in [0.15, 0.2) is 35.5 Å². The normalized spacial score (nSPS) is 14.3. The number of carbonyl (C=O) groups excluding carboxylic acids is 1. The van der Waals surface area contributed by atoms with Gasteiger partial charge in [-0.25, -0.2) is 9.67 Å². The van der Waals surface area contributed by atoms with E-state index < -0.39 is 0 Å². The molecular weight excluding hydrogens is 330 g/mol. The third-order valence-corrected chi connectivity index (χ3v) is 5.05. The second-order valence-corrected chi connectivity index (χ2v) is 6.83. The summed E-state index contributed by atoms with van der Waals surface area (Å²) >= 11 is 0. The van der Waals surface area contributed by atoms with Gasteiger partial charge in [0, 0.05) is 13.1 Å². The van der Waals surface area contributed by atoms with Crippen molar-refractivity contribution in [3.05, 3.63) is 52.2 Å². The van der Waals surface area contributed by atoms with Gasteiger partial charge in [-0.1, -0.05) is 6.07 Å². The van der Waals surface area contributed by atoms with Gasteiger partial charge in [0.2, 0.25) is 5.91 Å². The molecule has 3 aromatic rings. The molecule has 26 heavy (non-hydrogen) atoms. The SMILES string of the molecule is Cc1ccc(-n2ncc3c(=O)n(CC(=O)N4CCCC4)cnc32)cc1C. The maximum atomic E-state index is 12.7. The van der Waals surface area contributed by atoms with Crippen molar-refractivity contribution in [3.63, 3.8) is 0 Å². The summed E-state index contributed by atoms with van der Waals surface area (Å²) in [5.41, 5.74) is 3.47. The van der Waals surface area contributed by atoms with Crippen LogP contribution in [0.1, 0.15) is 24.0 Å². The molecule has 0 saturated carbocycles. The van der Waals surface area contributed by atoms with Crippen LogP contribution in [-0.2, 0) is 11.3 Å². The molecule has 0 radical (unpaired) electrons. The fraction of sp³-hybridized carbons (Fsp3) is 0.368. The van der Waals surface area contributed by atoms with Gasteiger partial charge in [-0.05, 0) is 49.9 Å². The molecule has 1 aromatic carbocycles. The maximum absolute atomic E-state index is 12.7. The van der Waals surface area contributed by atoms with Crippen molar-refractivity contribution in [1.29, 1.82) is 0 Å². The first-order valence-corrected chi connectivity index (χ1v) is 8.83. The molecule has 1 saturated heterocycles. The predicted molar refractivity (Wildman–Crippen MR) is 98.4 cm³/mol. The summed E-state index contributed by atoms with van der Waals surface area (Å²) < 4.78 is 3.03. The number of aromatic nitrogens is 4. The quantitative estimate of drug-likeness (QED) is 0.721. The molecule has 134 valence electrons. The molecule has 0 N–H and O–H groups in total. The van der Waals surface area contributed by atoms with E-state index in [2.05, 4.69) is 17.0 Å². The lowest BCUT2D eigenvalue weighted by Gasteiger charge is -2.15. The van der Waals surface area contributed by atoms with E-state index in [1.165, 1.54) is 22.7 Å². The fourth-order valence-electron chi connectivity index (χ4n) is 3.32. The van der Waals surface area contributed by atoms with Crippen LogP contribution in [0.5, 0.6) is 0 Å². The number of aryl methyl sites for hydroxylation is 2. The number of hydrogen-bond donors (Lipinski definition) is 0. The van der Waals surface area contributed by atoms with Gasteiger partial charge in [0.15, 0.2) is 5.65 Å². The van der Waals surface area contributed by atoms with Crippen LogP contribution in [0.3, 0.4) is 0 Å². The molecule has 0 aliphatic carbocycles. The summed E-state index contributed by atoms with van der Waals surface area (Å²) in [5.74, 6) is -0.0349. The summed E-state index contributed by atoms with van der Waals surface area (Å²) in [6, 6.07) is 6.00. The summed E-state index contributed by atoms with van der Waals surface area (Å²) in [7, 11) is 0. The Kier molecular flexibility index (Phi) is 4.06. The number of nitrogens with zero attached hydrogens (tertiary/aromatic N) is 5. The molecule has 4 rings (SSSR count). The third kappa shape index (κ3) is 2.79. The Labute approximate surface area is 150 Å². The Morgan fingerprint density at radius 2 is 1.92 bits per heavy atom. The van der Waals surface area contributed by atoms with E-state index in [1.807, 2.05) is 25.1 Å². The zero-order valence-corrected chi connectivity index (χ0v) is 15.0. The highest BCUT2D eigenvalue weighted by molar-refractivity contribution is 5.78. The highest BCUT2D eigenvalue weighted by Gasteiger charge is 2.19. The highest BCUT2D eigenvalue weighted by atomic mass is 16.2. The first-order valence-electron chi connectivity index (χ1n) is 8.83. The van der Waals surface area contributed by atoms with Crippen molar-refractivity contribution in [2.24, 2.45) is 0 Å². The van der Waals surface area contributed by atoms with Crippen molar-refractivity contribution in [2.75, 3.05) is 13.1 Å². The molecule has 7 nitrogen and oxygen atoms in total. The van der Waals surface area contributed by atoms with Gasteiger partial charge >= 0.3 is 0 Å². The van der Waals surface area contributed by atoms with Gasteiger partial charge < -0.3 is 4.90 Å². The molecule has 3 heterocycles. The molecule has 0 bridgehead atoms. The molecule has 0 spiro atoms. The van der Waals surface area contributed by atoms with E-state index in [9.17, 15) is 9.59 Å². The highest BCUT2D eigenvalue weighted by Crippen LogP contribution is 2.17. The Bertz CT molecular complexity index is 1040. The van der Waals surface area contributed by atoms with Gasteiger partial charge in [-0.15, -0.1) is 0 Å². The molecule has 0 unspecified atom stereocenters. The topological polar surface area (TPSA) is 73.0 Å². The lowest BCUT2D eigenvalue weighted by molar-refractivity contribution is -0.130. The van der Waals surface area contributed by atoms with Crippen LogP contribution in [0, 0.1) is 13.8 Å². The Morgan fingerprint density at radius 3 is 2.65 bits per heavy atom. The number of amides is 1. The minimum absolute atomic E-state index is 0.0244. The summed E-state index contributed by atoms with van der Waals surface area (Å²) in [6.07, 6.45) is 5.02. The number of carbonyl (C=O) groups is 1. The van der Waals surface area contributed by atoms with Gasteiger partial charge in [0.25, 0.3) is 5.56 Å². The van der Waals surface area contributed by atoms with Gasteiger partial charge in [-0.2, -0.15) is 5.10 Å². The van der Waals surface area contributed by atoms with E-state index in [4.69, 9.17) is 0 Å². The van der Waals surface area contributed by atoms with Gasteiger partial charge in [0.05, 0.1) is 11.9 Å². The van der Waals surface area contributed by atoms with Crippen molar-refractivity contribution in [1.82, 2.24) is 24.2 Å². The molecule has 1 fully saturated rings. The standard InChI is InChI=1S/C19H21N5O2/c1-13-5-6-15(9-14(13)2)24-18-16(10-21-24)19(26)23(12-20-18)11-17(25)22-7-3-4-8-22/h5-6,9-10,12H,3-4,7-8,11H2,1-2H3. The van der Waals surface area contributed by atoms with Crippen LogP contribution < -0.4 is 5.56 Å². The average Bonchev–Trinajstić information content (AvgIpc) is 3.29. The monoisotopic (exact) mass is 351 g/mol. The molecule has 7 heteroatoms. The lowest BCUT2D eigenvalue weighted by Crippen LogP contribution is -2.34. The van der Waals surface area contributed by atoms with Crippen LogP contribution in [0.25, 0.3) is 16.7 Å². The largest absolute Gasteiger partial charge is 0.341 e. The van der Waals surface area contributed by atoms with Crippen LogP contribution in [0.4, 0.5) is 0 Å². The maximum Gasteiger partial charge on any atom is 0.264 e. The first kappa shape index (κ1) is 16.5.